The van der Waals surface area contributed by atoms with Crippen LogP contribution in [0.5, 0.6) is 0 Å². The molecule has 0 atom stereocenters. The molecule has 0 aliphatic heterocycles. The largest absolute Gasteiger partial charge is 0.480 e. The van der Waals surface area contributed by atoms with Crippen molar-refractivity contribution in [2.45, 2.75) is 109 Å². The second-order valence-corrected chi connectivity index (χ2v) is 7.42. The third kappa shape index (κ3) is 10.3. The fourth-order valence-electron chi connectivity index (χ4n) is 3.03. The van der Waals surface area contributed by atoms with Gasteiger partial charge in [-0.15, -0.1) is 0 Å². The van der Waals surface area contributed by atoms with E-state index >= 15 is 0 Å². The van der Waals surface area contributed by atoms with Crippen LogP contribution in [0, 0.1) is 0 Å². The Morgan fingerprint density at radius 1 is 0.880 bits per heavy atom. The number of hydrogen-bond acceptors (Lipinski definition) is 2. The topological polar surface area (TPSA) is 66.4 Å². The summed E-state index contributed by atoms with van der Waals surface area (Å²) in [4.78, 5) is 22.7. The zero-order valence-corrected chi connectivity index (χ0v) is 16.0. The van der Waals surface area contributed by atoms with Crippen LogP contribution >= 0.6 is 0 Å². The minimum Gasteiger partial charge on any atom is -0.480 e. The molecular formula is C21H37NO3. The Morgan fingerprint density at radius 3 is 1.92 bits per heavy atom. The molecule has 1 saturated carbocycles. The van der Waals surface area contributed by atoms with E-state index in [1.54, 1.807) is 0 Å². The van der Waals surface area contributed by atoms with E-state index in [9.17, 15) is 9.59 Å². The zero-order valence-electron chi connectivity index (χ0n) is 16.0. The van der Waals surface area contributed by atoms with E-state index < -0.39 is 11.5 Å². The summed E-state index contributed by atoms with van der Waals surface area (Å²) in [6.45, 7) is 2.25. The zero-order chi connectivity index (χ0) is 18.4. The number of carbonyl (C=O) groups is 2. The third-order valence-electron chi connectivity index (χ3n) is 4.95. The van der Waals surface area contributed by atoms with Crippen LogP contribution in [0.4, 0.5) is 0 Å². The first kappa shape index (κ1) is 21.7. The molecule has 0 heterocycles. The second kappa shape index (κ2) is 13.0. The van der Waals surface area contributed by atoms with Crippen LogP contribution in [-0.4, -0.2) is 22.5 Å². The average molecular weight is 352 g/mol. The highest BCUT2D eigenvalue weighted by molar-refractivity contribution is 5.89. The first-order valence-corrected chi connectivity index (χ1v) is 10.3. The Morgan fingerprint density at radius 2 is 1.40 bits per heavy atom. The number of hydrogen-bond donors (Lipinski definition) is 2. The van der Waals surface area contributed by atoms with Gasteiger partial charge in [-0.05, 0) is 44.9 Å². The monoisotopic (exact) mass is 351 g/mol. The molecule has 144 valence electrons. The summed E-state index contributed by atoms with van der Waals surface area (Å²) >= 11 is 0. The van der Waals surface area contributed by atoms with E-state index in [1.807, 2.05) is 0 Å². The summed E-state index contributed by atoms with van der Waals surface area (Å²) in [7, 11) is 0. The number of aliphatic carboxylic acids is 1. The van der Waals surface area contributed by atoms with Gasteiger partial charge in [0.2, 0.25) is 5.91 Å². The van der Waals surface area contributed by atoms with Crippen molar-refractivity contribution in [2.75, 3.05) is 0 Å². The van der Waals surface area contributed by atoms with Crippen LogP contribution in [0.25, 0.3) is 0 Å². The van der Waals surface area contributed by atoms with Crippen LogP contribution in [0.3, 0.4) is 0 Å². The second-order valence-electron chi connectivity index (χ2n) is 7.42. The van der Waals surface area contributed by atoms with Gasteiger partial charge in [0.25, 0.3) is 0 Å². The van der Waals surface area contributed by atoms with Gasteiger partial charge in [0, 0.05) is 6.42 Å². The normalized spacial score (nSPS) is 15.4. The van der Waals surface area contributed by atoms with Crippen molar-refractivity contribution in [1.29, 1.82) is 0 Å². The average Bonchev–Trinajstić information content (AvgIpc) is 3.36. The maximum absolute atomic E-state index is 11.7. The Kier molecular flexibility index (Phi) is 11.3. The summed E-state index contributed by atoms with van der Waals surface area (Å²) in [5.41, 5.74) is -0.931. The van der Waals surface area contributed by atoms with Crippen molar-refractivity contribution in [2.24, 2.45) is 0 Å². The van der Waals surface area contributed by atoms with Crippen LogP contribution in [0.1, 0.15) is 103 Å². The Labute approximate surface area is 153 Å². The van der Waals surface area contributed by atoms with Gasteiger partial charge in [-0.1, -0.05) is 64.0 Å². The predicted octanol–water partition coefficient (Wildman–Crippen LogP) is 5.37. The van der Waals surface area contributed by atoms with Crippen molar-refractivity contribution in [3.8, 4) is 0 Å². The Bertz CT molecular complexity index is 413. The lowest BCUT2D eigenvalue weighted by atomic mass is 10.1. The highest BCUT2D eigenvalue weighted by Crippen LogP contribution is 2.35. The molecule has 0 bridgehead atoms. The minimum atomic E-state index is -0.931. The molecule has 25 heavy (non-hydrogen) atoms. The molecule has 1 fully saturated rings. The summed E-state index contributed by atoms with van der Waals surface area (Å²) in [5.74, 6) is -1.00. The fraction of sp³-hybridized carbons (Fsp3) is 0.810. The SMILES string of the molecule is CCCCCCC/C=C\CCCCCCCC(=O)NC1(C(=O)O)CC1. The molecule has 0 aromatic rings. The lowest BCUT2D eigenvalue weighted by Gasteiger charge is -2.12. The quantitative estimate of drug-likeness (QED) is 0.290. The number of rotatable bonds is 16. The molecular weight excluding hydrogens is 314 g/mol. The van der Waals surface area contributed by atoms with Crippen LogP contribution in [-0.2, 0) is 9.59 Å². The minimum absolute atomic E-state index is 0.109. The predicted molar refractivity (Wildman–Crippen MR) is 103 cm³/mol. The molecule has 1 rings (SSSR count). The van der Waals surface area contributed by atoms with E-state index in [2.05, 4.69) is 24.4 Å². The highest BCUT2D eigenvalue weighted by Gasteiger charge is 2.51. The molecule has 0 aromatic heterocycles. The highest BCUT2D eigenvalue weighted by atomic mass is 16.4. The van der Waals surface area contributed by atoms with E-state index in [0.29, 0.717) is 19.3 Å². The number of amides is 1. The van der Waals surface area contributed by atoms with Gasteiger partial charge in [0.15, 0.2) is 0 Å². The standard InChI is InChI=1S/C21H37NO3/c1-2-3-4-5-6-7-8-9-10-11-12-13-14-15-16-19(23)22-21(17-18-21)20(24)25/h8-9H,2-7,10-18H2,1H3,(H,22,23)(H,24,25)/b9-8-. The molecule has 0 radical (unpaired) electrons. The molecule has 4 heteroatoms. The molecule has 2 N–H and O–H groups in total. The molecule has 4 nitrogen and oxygen atoms in total. The van der Waals surface area contributed by atoms with Gasteiger partial charge in [0.05, 0.1) is 0 Å². The van der Waals surface area contributed by atoms with Crippen molar-refractivity contribution >= 4 is 11.9 Å². The molecule has 1 aliphatic carbocycles. The van der Waals surface area contributed by atoms with E-state index in [1.165, 1.54) is 51.4 Å². The summed E-state index contributed by atoms with van der Waals surface area (Å²) in [6.07, 6.45) is 20.8. The van der Waals surface area contributed by atoms with Gasteiger partial charge in [-0.25, -0.2) is 4.79 Å². The first-order chi connectivity index (χ1) is 12.1. The summed E-state index contributed by atoms with van der Waals surface area (Å²) in [6, 6.07) is 0. The van der Waals surface area contributed by atoms with Crippen molar-refractivity contribution in [3.05, 3.63) is 12.2 Å². The summed E-state index contributed by atoms with van der Waals surface area (Å²) < 4.78 is 0. The van der Waals surface area contributed by atoms with Crippen LogP contribution in [0.15, 0.2) is 12.2 Å². The number of nitrogens with one attached hydrogen (secondary N) is 1. The Hall–Kier alpha value is -1.32. The lowest BCUT2D eigenvalue weighted by Crippen LogP contribution is -2.42. The maximum Gasteiger partial charge on any atom is 0.329 e. The van der Waals surface area contributed by atoms with E-state index in [4.69, 9.17) is 5.11 Å². The molecule has 0 aromatic carbocycles. The van der Waals surface area contributed by atoms with E-state index in [-0.39, 0.29) is 5.91 Å². The first-order valence-electron chi connectivity index (χ1n) is 10.3. The molecule has 1 amide bonds. The van der Waals surface area contributed by atoms with Crippen LogP contribution < -0.4 is 5.32 Å². The van der Waals surface area contributed by atoms with Gasteiger partial charge >= 0.3 is 5.97 Å². The van der Waals surface area contributed by atoms with Gasteiger partial charge in [-0.2, -0.15) is 0 Å². The maximum atomic E-state index is 11.7. The van der Waals surface area contributed by atoms with Crippen LogP contribution in [0.2, 0.25) is 0 Å². The van der Waals surface area contributed by atoms with Gasteiger partial charge in [-0.3, -0.25) is 4.79 Å². The van der Waals surface area contributed by atoms with Gasteiger partial charge in [0.1, 0.15) is 5.54 Å². The lowest BCUT2D eigenvalue weighted by molar-refractivity contribution is -0.143. The number of carboxylic acid groups (broad SMARTS) is 1. The number of carbonyl (C=O) groups excluding carboxylic acids is 1. The molecule has 0 unspecified atom stereocenters. The van der Waals surface area contributed by atoms with Crippen molar-refractivity contribution in [3.63, 3.8) is 0 Å². The fourth-order valence-corrected chi connectivity index (χ4v) is 3.03. The van der Waals surface area contributed by atoms with E-state index in [0.717, 1.165) is 25.7 Å². The molecule has 1 aliphatic rings. The van der Waals surface area contributed by atoms with Gasteiger partial charge < -0.3 is 10.4 Å². The molecule has 0 spiro atoms. The Balaban J connectivity index is 1.84. The van der Waals surface area contributed by atoms with Crippen molar-refractivity contribution in [1.82, 2.24) is 5.32 Å². The smallest absolute Gasteiger partial charge is 0.329 e. The summed E-state index contributed by atoms with van der Waals surface area (Å²) in [5, 5.41) is 11.7. The number of allylic oxidation sites excluding steroid dienone is 2. The number of carboxylic acids is 1. The number of unbranched alkanes of at least 4 members (excludes halogenated alkanes) is 10. The third-order valence-corrected chi connectivity index (χ3v) is 4.95. The van der Waals surface area contributed by atoms with Crippen molar-refractivity contribution < 1.29 is 14.7 Å². The molecule has 0 saturated heterocycles.